The van der Waals surface area contributed by atoms with E-state index in [0.29, 0.717) is 21.6 Å². The molecule has 1 aliphatic heterocycles. The summed E-state index contributed by atoms with van der Waals surface area (Å²) < 4.78 is 2.29. The molecule has 1 saturated carbocycles. The van der Waals surface area contributed by atoms with Crippen LogP contribution in [0, 0.1) is 0 Å². The third kappa shape index (κ3) is 3.79. The van der Waals surface area contributed by atoms with Gasteiger partial charge in [0.15, 0.2) is 5.65 Å². The van der Waals surface area contributed by atoms with E-state index >= 15 is 0 Å². The Morgan fingerprint density at radius 2 is 1.80 bits per heavy atom. The molecule has 0 bridgehead atoms. The van der Waals surface area contributed by atoms with Crippen LogP contribution in [0.3, 0.4) is 0 Å². The minimum Gasteiger partial charge on any atom is -0.369 e. The number of fused-ring (bicyclic) bond motifs is 1. The zero-order chi connectivity index (χ0) is 20.5. The summed E-state index contributed by atoms with van der Waals surface area (Å²) in [5.74, 6) is 0.394. The third-order valence-corrected chi connectivity index (χ3v) is 6.47. The Labute approximate surface area is 182 Å². The van der Waals surface area contributed by atoms with Crippen molar-refractivity contribution in [3.63, 3.8) is 0 Å². The van der Waals surface area contributed by atoms with Crippen molar-refractivity contribution in [3.8, 4) is 0 Å². The summed E-state index contributed by atoms with van der Waals surface area (Å²) in [6.45, 7) is 4.04. The molecule has 30 heavy (non-hydrogen) atoms. The van der Waals surface area contributed by atoms with Gasteiger partial charge in [0.2, 0.25) is 5.95 Å². The number of halogens is 1. The highest BCUT2D eigenvalue weighted by molar-refractivity contribution is 9.10. The molecule has 2 N–H and O–H groups in total. The molecule has 2 aromatic heterocycles. The van der Waals surface area contributed by atoms with E-state index in [2.05, 4.69) is 58.8 Å². The van der Waals surface area contributed by atoms with E-state index in [9.17, 15) is 4.79 Å². The molecule has 1 saturated heterocycles. The maximum atomic E-state index is 12.8. The SMILES string of the molecule is O=c1c(Br)cc2nnc(Nc3ccc(N4CCNCC4)cc3)nc2n1C1CCCC1. The predicted octanol–water partition coefficient (Wildman–Crippen LogP) is 3.22. The highest BCUT2D eigenvalue weighted by Gasteiger charge is 2.22. The molecule has 5 rings (SSSR count). The van der Waals surface area contributed by atoms with E-state index in [-0.39, 0.29) is 11.6 Å². The molecular weight excluding hydrogens is 446 g/mol. The Bertz CT molecular complexity index is 1100. The number of nitrogens with zero attached hydrogens (tertiary/aromatic N) is 5. The lowest BCUT2D eigenvalue weighted by Crippen LogP contribution is -2.43. The highest BCUT2D eigenvalue weighted by atomic mass is 79.9. The normalized spacial score (nSPS) is 17.6. The van der Waals surface area contributed by atoms with Gasteiger partial charge < -0.3 is 15.5 Å². The number of anilines is 3. The van der Waals surface area contributed by atoms with Gasteiger partial charge in [0, 0.05) is 43.6 Å². The Kier molecular flexibility index (Phi) is 5.39. The molecule has 1 aliphatic carbocycles. The van der Waals surface area contributed by atoms with Crippen molar-refractivity contribution >= 4 is 44.4 Å². The number of benzene rings is 1. The number of hydrogen-bond donors (Lipinski definition) is 2. The average molecular weight is 470 g/mol. The summed E-state index contributed by atoms with van der Waals surface area (Å²) in [6, 6.07) is 10.1. The molecule has 0 radical (unpaired) electrons. The van der Waals surface area contributed by atoms with E-state index in [4.69, 9.17) is 0 Å². The van der Waals surface area contributed by atoms with Crippen molar-refractivity contribution in [1.29, 1.82) is 0 Å². The van der Waals surface area contributed by atoms with Gasteiger partial charge in [0.05, 0.1) is 4.47 Å². The summed E-state index contributed by atoms with van der Waals surface area (Å²) in [5, 5.41) is 15.2. The second-order valence-electron chi connectivity index (χ2n) is 7.86. The number of pyridine rings is 1. The van der Waals surface area contributed by atoms with Gasteiger partial charge in [0.25, 0.3) is 5.56 Å². The molecule has 156 valence electrons. The molecule has 9 heteroatoms. The monoisotopic (exact) mass is 469 g/mol. The molecule has 0 spiro atoms. The lowest BCUT2D eigenvalue weighted by Gasteiger charge is -2.29. The van der Waals surface area contributed by atoms with Crippen LogP contribution in [-0.2, 0) is 0 Å². The topological polar surface area (TPSA) is 88.0 Å². The maximum absolute atomic E-state index is 12.8. The second-order valence-corrected chi connectivity index (χ2v) is 8.71. The second kappa shape index (κ2) is 8.31. The fourth-order valence-corrected chi connectivity index (χ4v) is 4.76. The first-order chi connectivity index (χ1) is 14.7. The van der Waals surface area contributed by atoms with Gasteiger partial charge in [-0.25, -0.2) is 0 Å². The molecule has 3 aromatic rings. The number of nitrogens with one attached hydrogen (secondary N) is 2. The van der Waals surface area contributed by atoms with E-state index in [1.807, 2.05) is 12.1 Å². The van der Waals surface area contributed by atoms with Gasteiger partial charge in [0.1, 0.15) is 5.52 Å². The Morgan fingerprint density at radius 1 is 1.07 bits per heavy atom. The lowest BCUT2D eigenvalue weighted by molar-refractivity contribution is 0.514. The molecule has 0 amide bonds. The first-order valence-electron chi connectivity index (χ1n) is 10.5. The molecule has 3 heterocycles. The zero-order valence-corrected chi connectivity index (χ0v) is 18.2. The summed E-state index contributed by atoms with van der Waals surface area (Å²) in [5.41, 5.74) is 3.25. The Morgan fingerprint density at radius 3 is 2.53 bits per heavy atom. The number of hydrogen-bond acceptors (Lipinski definition) is 7. The van der Waals surface area contributed by atoms with Crippen LogP contribution in [0.4, 0.5) is 17.3 Å². The summed E-state index contributed by atoms with van der Waals surface area (Å²) in [7, 11) is 0. The Hall–Kier alpha value is -2.52. The van der Waals surface area contributed by atoms with E-state index in [1.54, 1.807) is 10.6 Å². The van der Waals surface area contributed by atoms with Crippen molar-refractivity contribution in [2.75, 3.05) is 36.4 Å². The minimum atomic E-state index is -0.0544. The van der Waals surface area contributed by atoms with Gasteiger partial charge in [-0.3, -0.25) is 9.36 Å². The number of aromatic nitrogens is 4. The standard InChI is InChI=1S/C21H24BrN7O/c22-17-13-18-19(29(20(17)30)16-3-1-2-4-16)25-21(27-26-18)24-14-5-7-15(8-6-14)28-11-9-23-10-12-28/h5-8,13,16,23H,1-4,9-12H2,(H,24,25,27). The van der Waals surface area contributed by atoms with Crippen LogP contribution in [0.2, 0.25) is 0 Å². The number of rotatable bonds is 4. The quantitative estimate of drug-likeness (QED) is 0.606. The largest absolute Gasteiger partial charge is 0.369 e. The smallest absolute Gasteiger partial charge is 0.266 e. The van der Waals surface area contributed by atoms with Crippen LogP contribution in [0.25, 0.3) is 11.2 Å². The fourth-order valence-electron chi connectivity index (χ4n) is 4.35. The van der Waals surface area contributed by atoms with E-state index in [1.165, 1.54) is 5.69 Å². The first kappa shape index (κ1) is 19.4. The summed E-state index contributed by atoms with van der Waals surface area (Å²) in [4.78, 5) is 19.9. The number of piperazine rings is 1. The summed E-state index contributed by atoms with van der Waals surface area (Å²) >= 11 is 3.37. The van der Waals surface area contributed by atoms with Crippen LogP contribution in [0.5, 0.6) is 0 Å². The zero-order valence-electron chi connectivity index (χ0n) is 16.6. The molecule has 8 nitrogen and oxygen atoms in total. The fraction of sp³-hybridized carbons (Fsp3) is 0.429. The highest BCUT2D eigenvalue weighted by Crippen LogP contribution is 2.31. The third-order valence-electron chi connectivity index (χ3n) is 5.90. The van der Waals surface area contributed by atoms with Gasteiger partial charge in [-0.05, 0) is 59.1 Å². The van der Waals surface area contributed by atoms with Gasteiger partial charge >= 0.3 is 0 Å². The van der Waals surface area contributed by atoms with Crippen LogP contribution in [0.1, 0.15) is 31.7 Å². The minimum absolute atomic E-state index is 0.0544. The molecule has 0 unspecified atom stereocenters. The maximum Gasteiger partial charge on any atom is 0.266 e. The molecule has 1 aromatic carbocycles. The van der Waals surface area contributed by atoms with Crippen molar-refractivity contribution in [1.82, 2.24) is 25.1 Å². The van der Waals surface area contributed by atoms with Gasteiger partial charge in [-0.2, -0.15) is 4.98 Å². The molecule has 0 atom stereocenters. The van der Waals surface area contributed by atoms with E-state index < -0.39 is 0 Å². The van der Waals surface area contributed by atoms with Gasteiger partial charge in [-0.15, -0.1) is 10.2 Å². The van der Waals surface area contributed by atoms with Gasteiger partial charge in [-0.1, -0.05) is 12.8 Å². The van der Waals surface area contributed by atoms with Crippen LogP contribution < -0.4 is 21.1 Å². The van der Waals surface area contributed by atoms with E-state index in [0.717, 1.165) is 57.5 Å². The predicted molar refractivity (Wildman–Crippen MR) is 122 cm³/mol. The van der Waals surface area contributed by atoms with Crippen LogP contribution in [-0.4, -0.2) is 45.9 Å². The van der Waals surface area contributed by atoms with Crippen LogP contribution in [0.15, 0.2) is 39.6 Å². The Balaban J connectivity index is 1.44. The van der Waals surface area contributed by atoms with Crippen molar-refractivity contribution in [2.24, 2.45) is 0 Å². The molecule has 2 aliphatic rings. The van der Waals surface area contributed by atoms with Crippen LogP contribution >= 0.6 is 15.9 Å². The molecule has 2 fully saturated rings. The summed E-state index contributed by atoms with van der Waals surface area (Å²) in [6.07, 6.45) is 4.25. The first-order valence-corrected chi connectivity index (χ1v) is 11.3. The van der Waals surface area contributed by atoms with Crippen molar-refractivity contribution in [2.45, 2.75) is 31.7 Å². The average Bonchev–Trinajstić information content (AvgIpc) is 3.30. The molecular formula is C21H24BrN7O. The lowest BCUT2D eigenvalue weighted by atomic mass is 10.2. The van der Waals surface area contributed by atoms with Crippen molar-refractivity contribution in [3.05, 3.63) is 45.2 Å². The van der Waals surface area contributed by atoms with Crippen molar-refractivity contribution < 1.29 is 0 Å².